The summed E-state index contributed by atoms with van der Waals surface area (Å²) in [5.74, 6) is 3.33. The summed E-state index contributed by atoms with van der Waals surface area (Å²) in [5, 5.41) is 0. The Balaban J connectivity index is 2.19. The van der Waals surface area contributed by atoms with Crippen LogP contribution < -0.4 is 16.0 Å². The van der Waals surface area contributed by atoms with E-state index in [2.05, 4.69) is 15.9 Å². The molecule has 0 spiro atoms. The van der Waals surface area contributed by atoms with E-state index in [1.54, 1.807) is 0 Å². The van der Waals surface area contributed by atoms with Gasteiger partial charge in [0.2, 0.25) is 0 Å². The molecule has 0 unspecified atom stereocenters. The number of hydrogen-bond acceptors (Lipinski definition) is 3. The summed E-state index contributed by atoms with van der Waals surface area (Å²) in [6, 6.07) is 7.90. The Morgan fingerprint density at radius 3 is 2.62 bits per heavy atom. The highest BCUT2D eigenvalue weighted by Crippen LogP contribution is 2.23. The molecule has 3 N–H and O–H groups in total. The molecular weight excluding hydrogens is 346 g/mol. The monoisotopic (exact) mass is 356 g/mol. The minimum Gasteiger partial charge on any atom is -0.486 e. The Morgan fingerprint density at radius 2 is 1.90 bits per heavy atom. The van der Waals surface area contributed by atoms with Gasteiger partial charge in [-0.15, -0.1) is 0 Å². The number of nitrogen functional groups attached to an aromatic ring is 1. The van der Waals surface area contributed by atoms with E-state index in [9.17, 15) is 13.6 Å². The first-order chi connectivity index (χ1) is 10.0. The van der Waals surface area contributed by atoms with Crippen molar-refractivity contribution in [1.29, 1.82) is 0 Å². The molecule has 0 radical (unpaired) electrons. The van der Waals surface area contributed by atoms with Crippen molar-refractivity contribution in [2.24, 2.45) is 5.84 Å². The Bertz CT molecular complexity index is 680. The fourth-order valence-electron chi connectivity index (χ4n) is 1.65. The lowest BCUT2D eigenvalue weighted by Crippen LogP contribution is -2.30. The van der Waals surface area contributed by atoms with Crippen LogP contribution in [-0.2, 0) is 6.61 Å². The molecule has 2 aromatic rings. The molecule has 2 rings (SSSR count). The average molecular weight is 357 g/mol. The van der Waals surface area contributed by atoms with Crippen molar-refractivity contribution < 1.29 is 18.3 Å². The third kappa shape index (κ3) is 3.77. The average Bonchev–Trinajstić information content (AvgIpc) is 2.48. The zero-order chi connectivity index (χ0) is 15.4. The maximum Gasteiger partial charge on any atom is 0.265 e. The number of nitrogens with two attached hydrogens (primary N) is 1. The van der Waals surface area contributed by atoms with E-state index in [0.29, 0.717) is 4.47 Å². The molecule has 0 fully saturated rings. The Hall–Kier alpha value is -1.99. The summed E-state index contributed by atoms with van der Waals surface area (Å²) >= 11 is 3.19. The SMILES string of the molecule is NNC(=O)c1ccc(F)c(COc2cc(Br)ccc2F)c1. The highest BCUT2D eigenvalue weighted by atomic mass is 79.9. The number of benzene rings is 2. The molecule has 110 valence electrons. The fraction of sp³-hybridized carbons (Fsp3) is 0.0714. The van der Waals surface area contributed by atoms with Gasteiger partial charge in [-0.25, -0.2) is 14.6 Å². The van der Waals surface area contributed by atoms with Crippen LogP contribution in [0.5, 0.6) is 5.75 Å². The van der Waals surface area contributed by atoms with Crippen LogP contribution in [0.1, 0.15) is 15.9 Å². The van der Waals surface area contributed by atoms with Crippen molar-refractivity contribution in [3.63, 3.8) is 0 Å². The van der Waals surface area contributed by atoms with E-state index in [1.807, 2.05) is 5.43 Å². The molecule has 0 saturated heterocycles. The first-order valence-electron chi connectivity index (χ1n) is 5.88. The van der Waals surface area contributed by atoms with E-state index in [0.717, 1.165) is 6.07 Å². The van der Waals surface area contributed by atoms with Gasteiger partial charge < -0.3 is 4.74 Å². The minimum atomic E-state index is -0.561. The number of nitrogens with one attached hydrogen (secondary N) is 1. The predicted molar refractivity (Wildman–Crippen MR) is 76.5 cm³/mol. The summed E-state index contributed by atoms with van der Waals surface area (Å²) in [7, 11) is 0. The molecule has 0 heterocycles. The van der Waals surface area contributed by atoms with Gasteiger partial charge in [-0.3, -0.25) is 10.2 Å². The topological polar surface area (TPSA) is 64.3 Å². The van der Waals surface area contributed by atoms with Crippen LogP contribution in [0.3, 0.4) is 0 Å². The lowest BCUT2D eigenvalue weighted by atomic mass is 10.1. The molecule has 0 aromatic heterocycles. The summed E-state index contributed by atoms with van der Waals surface area (Å²) in [5.41, 5.74) is 2.26. The lowest BCUT2D eigenvalue weighted by molar-refractivity contribution is 0.0953. The lowest BCUT2D eigenvalue weighted by Gasteiger charge is -2.09. The van der Waals surface area contributed by atoms with Crippen LogP contribution in [-0.4, -0.2) is 5.91 Å². The second kappa shape index (κ2) is 6.64. The van der Waals surface area contributed by atoms with Gasteiger partial charge in [-0.2, -0.15) is 0 Å². The molecule has 0 saturated carbocycles. The summed E-state index contributed by atoms with van der Waals surface area (Å²) < 4.78 is 33.1. The Morgan fingerprint density at radius 1 is 1.19 bits per heavy atom. The number of rotatable bonds is 4. The van der Waals surface area contributed by atoms with Gasteiger partial charge in [0, 0.05) is 15.6 Å². The number of amides is 1. The normalized spacial score (nSPS) is 10.3. The van der Waals surface area contributed by atoms with Gasteiger partial charge in [0.05, 0.1) is 0 Å². The van der Waals surface area contributed by atoms with Gasteiger partial charge in [0.15, 0.2) is 11.6 Å². The Kier molecular flexibility index (Phi) is 4.87. The molecule has 0 bridgehead atoms. The van der Waals surface area contributed by atoms with Gasteiger partial charge in [-0.05, 0) is 36.4 Å². The van der Waals surface area contributed by atoms with E-state index < -0.39 is 17.5 Å². The zero-order valence-corrected chi connectivity index (χ0v) is 12.3. The number of hydrogen-bond donors (Lipinski definition) is 2. The van der Waals surface area contributed by atoms with Crippen molar-refractivity contribution in [2.75, 3.05) is 0 Å². The second-order valence-corrected chi connectivity index (χ2v) is 5.06. The van der Waals surface area contributed by atoms with E-state index in [-0.39, 0.29) is 23.5 Å². The van der Waals surface area contributed by atoms with Crippen LogP contribution in [0.2, 0.25) is 0 Å². The maximum absolute atomic E-state index is 13.7. The van der Waals surface area contributed by atoms with E-state index in [1.165, 1.54) is 30.3 Å². The van der Waals surface area contributed by atoms with Gasteiger partial charge >= 0.3 is 0 Å². The van der Waals surface area contributed by atoms with Crippen LogP contribution >= 0.6 is 15.9 Å². The molecule has 0 aliphatic carbocycles. The number of carbonyl (C=O) groups excluding carboxylic acids is 1. The highest BCUT2D eigenvalue weighted by molar-refractivity contribution is 9.10. The maximum atomic E-state index is 13.7. The van der Waals surface area contributed by atoms with Crippen molar-refractivity contribution in [1.82, 2.24) is 5.43 Å². The first-order valence-corrected chi connectivity index (χ1v) is 6.68. The number of carbonyl (C=O) groups is 1. The molecule has 1 amide bonds. The zero-order valence-electron chi connectivity index (χ0n) is 10.7. The largest absolute Gasteiger partial charge is 0.486 e. The number of hydrazine groups is 1. The molecule has 21 heavy (non-hydrogen) atoms. The van der Waals surface area contributed by atoms with Crippen molar-refractivity contribution in [3.05, 3.63) is 63.6 Å². The second-order valence-electron chi connectivity index (χ2n) is 4.14. The van der Waals surface area contributed by atoms with Crippen molar-refractivity contribution in [2.45, 2.75) is 6.61 Å². The molecule has 2 aromatic carbocycles. The van der Waals surface area contributed by atoms with E-state index >= 15 is 0 Å². The van der Waals surface area contributed by atoms with Gasteiger partial charge in [0.25, 0.3) is 5.91 Å². The standard InChI is InChI=1S/C14H11BrF2N2O2/c15-10-2-4-12(17)13(6-10)21-7-9-5-8(14(20)19-18)1-3-11(9)16/h1-6H,7,18H2,(H,19,20). The molecule has 4 nitrogen and oxygen atoms in total. The summed E-state index contributed by atoms with van der Waals surface area (Å²) in [6.07, 6.45) is 0. The minimum absolute atomic E-state index is 0.0162. The number of ether oxygens (including phenoxy) is 1. The predicted octanol–water partition coefficient (Wildman–Crippen LogP) is 2.91. The first kappa shape index (κ1) is 15.4. The van der Waals surface area contributed by atoms with Gasteiger partial charge in [-0.1, -0.05) is 15.9 Å². The highest BCUT2D eigenvalue weighted by Gasteiger charge is 2.11. The van der Waals surface area contributed by atoms with Crippen LogP contribution in [0.15, 0.2) is 40.9 Å². The van der Waals surface area contributed by atoms with Crippen LogP contribution in [0.4, 0.5) is 8.78 Å². The molecule has 7 heteroatoms. The van der Waals surface area contributed by atoms with Crippen molar-refractivity contribution in [3.8, 4) is 5.75 Å². The van der Waals surface area contributed by atoms with Gasteiger partial charge in [0.1, 0.15) is 12.4 Å². The van der Waals surface area contributed by atoms with Crippen LogP contribution in [0, 0.1) is 11.6 Å². The smallest absolute Gasteiger partial charge is 0.265 e. The van der Waals surface area contributed by atoms with Crippen LogP contribution in [0.25, 0.3) is 0 Å². The molecule has 0 aliphatic heterocycles. The molecular formula is C14H11BrF2N2O2. The molecule has 0 atom stereocenters. The third-order valence-electron chi connectivity index (χ3n) is 2.72. The van der Waals surface area contributed by atoms with E-state index in [4.69, 9.17) is 10.6 Å². The third-order valence-corrected chi connectivity index (χ3v) is 3.21. The molecule has 0 aliphatic rings. The fourth-order valence-corrected chi connectivity index (χ4v) is 1.99. The van der Waals surface area contributed by atoms with Crippen molar-refractivity contribution >= 4 is 21.8 Å². The Labute approximate surface area is 128 Å². The summed E-state index contributed by atoms with van der Waals surface area (Å²) in [6.45, 7) is -0.217. The summed E-state index contributed by atoms with van der Waals surface area (Å²) in [4.78, 5) is 11.4. The quantitative estimate of drug-likeness (QED) is 0.503. The number of halogens is 3.